The summed E-state index contributed by atoms with van der Waals surface area (Å²) in [6.07, 6.45) is 0. The number of nitrogens with one attached hydrogen (secondary N) is 1. The molecule has 2 aromatic carbocycles. The lowest BCUT2D eigenvalue weighted by Crippen LogP contribution is -2.38. The summed E-state index contributed by atoms with van der Waals surface area (Å²) in [6.45, 7) is 4.46. The Labute approximate surface area is 192 Å². The number of nitrogens with zero attached hydrogens (tertiary/aromatic N) is 2. The fourth-order valence-electron chi connectivity index (χ4n) is 4.00. The lowest BCUT2D eigenvalue weighted by atomic mass is 10.1. The van der Waals surface area contributed by atoms with Gasteiger partial charge >= 0.3 is 0 Å². The number of benzene rings is 2. The van der Waals surface area contributed by atoms with Crippen LogP contribution in [-0.2, 0) is 21.2 Å². The second-order valence-electron chi connectivity index (χ2n) is 7.98. The second-order valence-corrected chi connectivity index (χ2v) is 11.5. The number of hydrogen-bond donors (Lipinski definition) is 1. The number of para-hydroxylation sites is 1. The summed E-state index contributed by atoms with van der Waals surface area (Å²) in [4.78, 5) is 19.3. The van der Waals surface area contributed by atoms with E-state index in [0.29, 0.717) is 11.6 Å². The highest BCUT2D eigenvalue weighted by atomic mass is 35.5. The van der Waals surface area contributed by atoms with Crippen molar-refractivity contribution in [3.8, 4) is 0 Å². The number of thioether (sulfide) groups is 1. The zero-order chi connectivity index (χ0) is 22.2. The third-order valence-electron chi connectivity index (χ3n) is 5.56. The van der Waals surface area contributed by atoms with Gasteiger partial charge in [-0.25, -0.2) is 8.42 Å². The SMILES string of the molecule is Cc1cccc(C)c1NC(=O)CSC1=N[C@@H]2CS(=O)(=O)C[C@@H]2N1Cc1ccc(Cl)cc1. The number of anilines is 1. The molecular weight excluding hydrogens is 454 g/mol. The topological polar surface area (TPSA) is 78.8 Å². The molecule has 2 atom stereocenters. The van der Waals surface area contributed by atoms with Crippen LogP contribution in [0.1, 0.15) is 16.7 Å². The zero-order valence-corrected chi connectivity index (χ0v) is 19.7. The van der Waals surface area contributed by atoms with E-state index >= 15 is 0 Å². The first-order valence-electron chi connectivity index (χ1n) is 10.00. The van der Waals surface area contributed by atoms with E-state index in [9.17, 15) is 13.2 Å². The van der Waals surface area contributed by atoms with Crippen LogP contribution in [0.15, 0.2) is 47.5 Å². The van der Waals surface area contributed by atoms with Crippen LogP contribution in [-0.4, -0.2) is 53.7 Å². The van der Waals surface area contributed by atoms with Crippen LogP contribution in [0, 0.1) is 13.8 Å². The molecule has 4 rings (SSSR count). The van der Waals surface area contributed by atoms with Gasteiger partial charge in [0.05, 0.1) is 29.3 Å². The van der Waals surface area contributed by atoms with Crippen LogP contribution in [0.25, 0.3) is 0 Å². The molecular formula is C22H24ClN3O3S2. The number of aliphatic imine (C=N–C) groups is 1. The van der Waals surface area contributed by atoms with Crippen LogP contribution in [0.5, 0.6) is 0 Å². The van der Waals surface area contributed by atoms with Gasteiger partial charge in [-0.2, -0.15) is 0 Å². The number of aryl methyl sites for hydroxylation is 2. The number of hydrogen-bond acceptors (Lipinski definition) is 6. The van der Waals surface area contributed by atoms with Crippen LogP contribution in [0.3, 0.4) is 0 Å². The molecule has 0 unspecified atom stereocenters. The van der Waals surface area contributed by atoms with Gasteiger partial charge in [0.2, 0.25) is 5.91 Å². The van der Waals surface area contributed by atoms with Crippen molar-refractivity contribution in [1.82, 2.24) is 4.90 Å². The second kappa shape index (κ2) is 8.84. The standard InChI is InChI=1S/C22H24ClN3O3S2/c1-14-4-3-5-15(2)21(14)25-20(27)11-30-22-24-18-12-31(28,29)13-19(18)26(22)10-16-6-8-17(23)9-7-16/h3-9,18-19H,10-13H2,1-2H3,(H,25,27)/t18-,19+/m1/s1. The Bertz CT molecular complexity index is 1110. The number of carbonyl (C=O) groups is 1. The molecule has 6 nitrogen and oxygen atoms in total. The molecule has 1 N–H and O–H groups in total. The van der Waals surface area contributed by atoms with Crippen molar-refractivity contribution in [2.75, 3.05) is 22.6 Å². The van der Waals surface area contributed by atoms with Gasteiger partial charge in [-0.05, 0) is 42.7 Å². The van der Waals surface area contributed by atoms with E-state index in [1.54, 1.807) is 0 Å². The Kier molecular flexibility index (Phi) is 6.32. The summed E-state index contributed by atoms with van der Waals surface area (Å²) >= 11 is 7.35. The van der Waals surface area contributed by atoms with E-state index in [1.807, 2.05) is 61.2 Å². The zero-order valence-electron chi connectivity index (χ0n) is 17.3. The molecule has 1 saturated heterocycles. The number of amidine groups is 1. The first-order valence-corrected chi connectivity index (χ1v) is 13.2. The quantitative estimate of drug-likeness (QED) is 0.710. The highest BCUT2D eigenvalue weighted by molar-refractivity contribution is 8.14. The van der Waals surface area contributed by atoms with Crippen molar-refractivity contribution in [2.24, 2.45) is 4.99 Å². The van der Waals surface area contributed by atoms with Crippen molar-refractivity contribution in [3.05, 3.63) is 64.2 Å². The molecule has 0 aromatic heterocycles. The van der Waals surface area contributed by atoms with Crippen molar-refractivity contribution < 1.29 is 13.2 Å². The van der Waals surface area contributed by atoms with E-state index < -0.39 is 9.84 Å². The van der Waals surface area contributed by atoms with Crippen molar-refractivity contribution in [3.63, 3.8) is 0 Å². The fraction of sp³-hybridized carbons (Fsp3) is 0.364. The van der Waals surface area contributed by atoms with Crippen LogP contribution >= 0.6 is 23.4 Å². The van der Waals surface area contributed by atoms with Crippen molar-refractivity contribution in [1.29, 1.82) is 0 Å². The van der Waals surface area contributed by atoms with Crippen LogP contribution < -0.4 is 5.32 Å². The first kappa shape index (κ1) is 22.2. The van der Waals surface area contributed by atoms with Gasteiger partial charge in [0.15, 0.2) is 15.0 Å². The summed E-state index contributed by atoms with van der Waals surface area (Å²) in [5.41, 5.74) is 3.88. The number of rotatable bonds is 5. The van der Waals surface area contributed by atoms with E-state index in [0.717, 1.165) is 27.5 Å². The van der Waals surface area contributed by atoms with Gasteiger partial charge in [-0.1, -0.05) is 53.7 Å². The summed E-state index contributed by atoms with van der Waals surface area (Å²) in [7, 11) is -3.10. The molecule has 1 fully saturated rings. The molecule has 0 saturated carbocycles. The maximum Gasteiger partial charge on any atom is 0.234 e. The molecule has 2 aromatic rings. The van der Waals surface area contributed by atoms with Crippen LogP contribution in [0.2, 0.25) is 5.02 Å². The molecule has 164 valence electrons. The monoisotopic (exact) mass is 477 g/mol. The number of carbonyl (C=O) groups excluding carboxylic acids is 1. The molecule has 31 heavy (non-hydrogen) atoms. The van der Waals surface area contributed by atoms with Gasteiger partial charge in [-0.3, -0.25) is 9.79 Å². The van der Waals surface area contributed by atoms with Crippen molar-refractivity contribution in [2.45, 2.75) is 32.5 Å². The van der Waals surface area contributed by atoms with Crippen molar-refractivity contribution >= 4 is 50.0 Å². The van der Waals surface area contributed by atoms with E-state index in [1.165, 1.54) is 11.8 Å². The van der Waals surface area contributed by atoms with Crippen LogP contribution in [0.4, 0.5) is 5.69 Å². The predicted octanol–water partition coefficient (Wildman–Crippen LogP) is 3.67. The highest BCUT2D eigenvalue weighted by Crippen LogP contribution is 2.32. The fourth-order valence-corrected chi connectivity index (χ4v) is 6.91. The third kappa shape index (κ3) is 5.07. The van der Waals surface area contributed by atoms with E-state index in [2.05, 4.69) is 10.3 Å². The number of sulfone groups is 1. The molecule has 2 aliphatic rings. The molecule has 9 heteroatoms. The number of fused-ring (bicyclic) bond motifs is 1. The van der Waals surface area contributed by atoms with Gasteiger partial charge in [0, 0.05) is 17.3 Å². The first-order chi connectivity index (χ1) is 14.7. The van der Waals surface area contributed by atoms with E-state index in [-0.39, 0.29) is 35.2 Å². The maximum atomic E-state index is 12.6. The Balaban J connectivity index is 1.47. The molecule has 1 amide bonds. The normalized spacial score (nSPS) is 21.6. The Morgan fingerprint density at radius 2 is 1.84 bits per heavy atom. The summed E-state index contributed by atoms with van der Waals surface area (Å²) in [6, 6.07) is 12.9. The summed E-state index contributed by atoms with van der Waals surface area (Å²) in [5, 5.41) is 4.36. The summed E-state index contributed by atoms with van der Waals surface area (Å²) < 4.78 is 24.3. The number of halogens is 1. The van der Waals surface area contributed by atoms with Gasteiger partial charge in [0.25, 0.3) is 0 Å². The minimum atomic E-state index is -3.10. The molecule has 0 spiro atoms. The average molecular weight is 478 g/mol. The van der Waals surface area contributed by atoms with E-state index in [4.69, 9.17) is 11.6 Å². The summed E-state index contributed by atoms with van der Waals surface area (Å²) in [5.74, 6) is 0.248. The average Bonchev–Trinajstić information content (AvgIpc) is 3.17. The third-order valence-corrected chi connectivity index (χ3v) is 8.52. The number of amides is 1. The molecule has 0 aliphatic carbocycles. The van der Waals surface area contributed by atoms with Gasteiger partial charge in [-0.15, -0.1) is 0 Å². The minimum Gasteiger partial charge on any atom is -0.341 e. The van der Waals surface area contributed by atoms with Gasteiger partial charge in [0.1, 0.15) is 0 Å². The Hall–Kier alpha value is -2.03. The lowest BCUT2D eigenvalue weighted by Gasteiger charge is -2.26. The lowest BCUT2D eigenvalue weighted by molar-refractivity contribution is -0.113. The molecule has 0 bridgehead atoms. The molecule has 2 heterocycles. The predicted molar refractivity (Wildman–Crippen MR) is 128 cm³/mol. The van der Waals surface area contributed by atoms with Gasteiger partial charge < -0.3 is 10.2 Å². The maximum absolute atomic E-state index is 12.6. The minimum absolute atomic E-state index is 0.0629. The smallest absolute Gasteiger partial charge is 0.234 e. The Morgan fingerprint density at radius 3 is 2.52 bits per heavy atom. The highest BCUT2D eigenvalue weighted by Gasteiger charge is 2.46. The largest absolute Gasteiger partial charge is 0.341 e. The molecule has 2 aliphatic heterocycles. The molecule has 0 radical (unpaired) electrons. The Morgan fingerprint density at radius 1 is 1.16 bits per heavy atom.